The minimum Gasteiger partial charge on any atom is -0.481 e. The van der Waals surface area contributed by atoms with E-state index in [0.29, 0.717) is 22.2 Å². The standard InChI is InChI=1S/C25H20N2O5/c1-16-23(21(25(29)30)15-17-7-3-2-4-8-17)20-9-5-6-10-22(20)26(16)24(28)18-11-13-19(14-12-18)27(31)32/h2-14,21H,15H2,1H3,(H,29,30). The Morgan fingerprint density at radius 2 is 1.59 bits per heavy atom. The number of nitrogens with zero attached hydrogens (tertiary/aromatic N) is 2. The number of carboxylic acids is 1. The van der Waals surface area contributed by atoms with Crippen molar-refractivity contribution in [3.05, 3.63) is 111 Å². The van der Waals surface area contributed by atoms with Gasteiger partial charge >= 0.3 is 5.97 Å². The number of rotatable bonds is 6. The lowest BCUT2D eigenvalue weighted by molar-refractivity contribution is -0.384. The predicted molar refractivity (Wildman–Crippen MR) is 120 cm³/mol. The van der Waals surface area contributed by atoms with Crippen LogP contribution in [0.4, 0.5) is 5.69 Å². The van der Waals surface area contributed by atoms with Crippen molar-refractivity contribution in [3.8, 4) is 0 Å². The van der Waals surface area contributed by atoms with Crippen molar-refractivity contribution in [1.29, 1.82) is 0 Å². The van der Waals surface area contributed by atoms with Crippen molar-refractivity contribution in [2.45, 2.75) is 19.3 Å². The fraction of sp³-hybridized carbons (Fsp3) is 0.120. The summed E-state index contributed by atoms with van der Waals surface area (Å²) in [5, 5.41) is 21.7. The highest BCUT2D eigenvalue weighted by molar-refractivity contribution is 6.05. The zero-order valence-electron chi connectivity index (χ0n) is 17.3. The van der Waals surface area contributed by atoms with Gasteiger partial charge in [-0.15, -0.1) is 0 Å². The summed E-state index contributed by atoms with van der Waals surface area (Å²) < 4.78 is 1.49. The van der Waals surface area contributed by atoms with Gasteiger partial charge < -0.3 is 5.11 Å². The molecule has 1 N–H and O–H groups in total. The monoisotopic (exact) mass is 428 g/mol. The third kappa shape index (κ3) is 3.76. The molecule has 0 radical (unpaired) electrons. The third-order valence-corrected chi connectivity index (χ3v) is 5.62. The first-order chi connectivity index (χ1) is 15.4. The average molecular weight is 428 g/mol. The van der Waals surface area contributed by atoms with Crippen LogP contribution in [0.1, 0.15) is 33.1 Å². The van der Waals surface area contributed by atoms with Gasteiger partial charge in [-0.2, -0.15) is 0 Å². The Labute approximate surface area is 183 Å². The maximum absolute atomic E-state index is 13.4. The Morgan fingerprint density at radius 1 is 0.969 bits per heavy atom. The number of nitro groups is 1. The number of carbonyl (C=O) groups excluding carboxylic acids is 1. The van der Waals surface area contributed by atoms with E-state index in [4.69, 9.17) is 0 Å². The molecule has 7 heteroatoms. The minimum absolute atomic E-state index is 0.106. The van der Waals surface area contributed by atoms with Crippen LogP contribution in [0.2, 0.25) is 0 Å². The summed E-state index contributed by atoms with van der Waals surface area (Å²) >= 11 is 0. The lowest BCUT2D eigenvalue weighted by Crippen LogP contribution is -2.18. The number of fused-ring (bicyclic) bond motifs is 1. The van der Waals surface area contributed by atoms with Crippen LogP contribution in [0, 0.1) is 17.0 Å². The molecule has 1 aromatic heterocycles. The van der Waals surface area contributed by atoms with E-state index >= 15 is 0 Å². The average Bonchev–Trinajstić information content (AvgIpc) is 3.09. The highest BCUT2D eigenvalue weighted by Gasteiger charge is 2.29. The molecule has 4 aromatic rings. The first kappa shape index (κ1) is 21.0. The molecule has 0 fully saturated rings. The van der Waals surface area contributed by atoms with E-state index in [1.54, 1.807) is 19.1 Å². The Hall–Kier alpha value is -4.26. The van der Waals surface area contributed by atoms with Crippen molar-refractivity contribution in [2.24, 2.45) is 0 Å². The van der Waals surface area contributed by atoms with Crippen molar-refractivity contribution in [3.63, 3.8) is 0 Å². The van der Waals surface area contributed by atoms with Gasteiger partial charge in [0.2, 0.25) is 0 Å². The van der Waals surface area contributed by atoms with Crippen molar-refractivity contribution >= 4 is 28.5 Å². The summed E-state index contributed by atoms with van der Waals surface area (Å²) in [5.41, 5.74) is 2.79. The number of hydrogen-bond donors (Lipinski definition) is 1. The van der Waals surface area contributed by atoms with Crippen LogP contribution in [0.5, 0.6) is 0 Å². The normalized spacial score (nSPS) is 11.9. The van der Waals surface area contributed by atoms with Crippen LogP contribution in [-0.4, -0.2) is 26.5 Å². The maximum Gasteiger partial charge on any atom is 0.311 e. The quantitative estimate of drug-likeness (QED) is 0.345. The molecular weight excluding hydrogens is 408 g/mol. The molecule has 0 spiro atoms. The van der Waals surface area contributed by atoms with Gasteiger partial charge in [0.15, 0.2) is 0 Å². The molecule has 1 unspecified atom stereocenters. The van der Waals surface area contributed by atoms with Crippen molar-refractivity contribution < 1.29 is 19.6 Å². The Balaban J connectivity index is 1.85. The van der Waals surface area contributed by atoms with Gasteiger partial charge in [-0.05, 0) is 42.7 Å². The van der Waals surface area contributed by atoms with Gasteiger partial charge in [-0.25, -0.2) is 0 Å². The molecule has 3 aromatic carbocycles. The molecular formula is C25H20N2O5. The number of aromatic nitrogens is 1. The Morgan fingerprint density at radius 3 is 2.22 bits per heavy atom. The van der Waals surface area contributed by atoms with Crippen LogP contribution < -0.4 is 0 Å². The van der Waals surface area contributed by atoms with E-state index in [9.17, 15) is 24.8 Å². The van der Waals surface area contributed by atoms with Crippen LogP contribution >= 0.6 is 0 Å². The summed E-state index contributed by atoms with van der Waals surface area (Å²) in [6.07, 6.45) is 0.288. The molecule has 0 bridgehead atoms. The highest BCUT2D eigenvalue weighted by Crippen LogP contribution is 2.34. The molecule has 0 saturated carbocycles. The second-order valence-corrected chi connectivity index (χ2v) is 7.54. The van der Waals surface area contributed by atoms with E-state index in [2.05, 4.69) is 0 Å². The molecule has 0 saturated heterocycles. The molecule has 32 heavy (non-hydrogen) atoms. The molecule has 160 valence electrons. The third-order valence-electron chi connectivity index (χ3n) is 5.62. The number of hydrogen-bond acceptors (Lipinski definition) is 4. The van der Waals surface area contributed by atoms with Gasteiger partial charge in [0.1, 0.15) is 0 Å². The van der Waals surface area contributed by atoms with E-state index in [1.165, 1.54) is 28.8 Å². The smallest absolute Gasteiger partial charge is 0.311 e. The SMILES string of the molecule is Cc1c(C(Cc2ccccc2)C(=O)O)c2ccccc2n1C(=O)c1ccc([N+](=O)[O-])cc1. The second kappa shape index (κ2) is 8.47. The first-order valence-corrected chi connectivity index (χ1v) is 10.0. The number of non-ortho nitro benzene ring substituents is 1. The van der Waals surface area contributed by atoms with Crippen LogP contribution in [0.15, 0.2) is 78.9 Å². The van der Waals surface area contributed by atoms with Gasteiger partial charge in [-0.3, -0.25) is 24.3 Å². The molecule has 1 heterocycles. The number of benzene rings is 3. The summed E-state index contributed by atoms with van der Waals surface area (Å²) in [6.45, 7) is 1.74. The zero-order valence-corrected chi connectivity index (χ0v) is 17.3. The Kier molecular flexibility index (Phi) is 5.55. The van der Waals surface area contributed by atoms with Gasteiger partial charge in [-0.1, -0.05) is 48.5 Å². The van der Waals surface area contributed by atoms with Crippen LogP contribution in [-0.2, 0) is 11.2 Å². The van der Waals surface area contributed by atoms with Gasteiger partial charge in [0, 0.05) is 28.8 Å². The fourth-order valence-electron chi connectivity index (χ4n) is 4.11. The molecule has 4 rings (SSSR count). The largest absolute Gasteiger partial charge is 0.481 e. The minimum atomic E-state index is -0.970. The zero-order chi connectivity index (χ0) is 22.8. The summed E-state index contributed by atoms with van der Waals surface area (Å²) in [4.78, 5) is 36.1. The predicted octanol–water partition coefficient (Wildman–Crippen LogP) is 4.96. The number of carboxylic acid groups (broad SMARTS) is 1. The van der Waals surface area contributed by atoms with E-state index < -0.39 is 16.8 Å². The summed E-state index contributed by atoms with van der Waals surface area (Å²) in [7, 11) is 0. The van der Waals surface area contributed by atoms with Crippen molar-refractivity contribution in [2.75, 3.05) is 0 Å². The highest BCUT2D eigenvalue weighted by atomic mass is 16.6. The van der Waals surface area contributed by atoms with Gasteiger partial charge in [0.05, 0.1) is 16.4 Å². The summed E-state index contributed by atoms with van der Waals surface area (Å²) in [5.74, 6) is -2.18. The maximum atomic E-state index is 13.4. The number of para-hydroxylation sites is 1. The molecule has 0 aliphatic rings. The molecule has 0 aliphatic heterocycles. The second-order valence-electron chi connectivity index (χ2n) is 7.54. The van der Waals surface area contributed by atoms with E-state index in [1.807, 2.05) is 42.5 Å². The molecule has 0 amide bonds. The molecule has 0 aliphatic carbocycles. The number of carbonyl (C=O) groups is 2. The lowest BCUT2D eigenvalue weighted by Gasteiger charge is -2.14. The fourth-order valence-corrected chi connectivity index (χ4v) is 4.11. The topological polar surface area (TPSA) is 102 Å². The van der Waals surface area contributed by atoms with Gasteiger partial charge in [0.25, 0.3) is 11.6 Å². The lowest BCUT2D eigenvalue weighted by atomic mass is 9.90. The van der Waals surface area contributed by atoms with E-state index in [0.717, 1.165) is 5.56 Å². The van der Waals surface area contributed by atoms with Crippen molar-refractivity contribution in [1.82, 2.24) is 4.57 Å². The first-order valence-electron chi connectivity index (χ1n) is 10.0. The Bertz CT molecular complexity index is 1320. The van der Waals surface area contributed by atoms with Crippen LogP contribution in [0.3, 0.4) is 0 Å². The number of aliphatic carboxylic acids is 1. The van der Waals surface area contributed by atoms with Crippen LogP contribution in [0.25, 0.3) is 10.9 Å². The van der Waals surface area contributed by atoms with E-state index in [-0.39, 0.29) is 23.6 Å². The molecule has 1 atom stereocenters. The summed E-state index contributed by atoms with van der Waals surface area (Å²) in [6, 6.07) is 21.9. The molecule has 7 nitrogen and oxygen atoms in total. The number of nitro benzene ring substituents is 1.